The highest BCUT2D eigenvalue weighted by atomic mass is 14.9. The molecule has 0 aliphatic heterocycles. The zero-order valence-corrected chi connectivity index (χ0v) is 11.8. The third-order valence-corrected chi connectivity index (χ3v) is 3.56. The van der Waals surface area contributed by atoms with Gasteiger partial charge in [0.2, 0.25) is 0 Å². The van der Waals surface area contributed by atoms with Crippen molar-refractivity contribution < 1.29 is 0 Å². The van der Waals surface area contributed by atoms with Crippen LogP contribution in [-0.2, 0) is 6.42 Å². The predicted octanol–water partition coefficient (Wildman–Crippen LogP) is 3.84. The van der Waals surface area contributed by atoms with E-state index in [9.17, 15) is 0 Å². The number of benzene rings is 2. The summed E-state index contributed by atoms with van der Waals surface area (Å²) >= 11 is 0. The van der Waals surface area contributed by atoms with Gasteiger partial charge in [-0.1, -0.05) is 42.5 Å². The monoisotopic (exact) mass is 264 g/mol. The van der Waals surface area contributed by atoms with Crippen molar-refractivity contribution in [1.29, 1.82) is 5.26 Å². The molecule has 0 radical (unpaired) electrons. The van der Waals surface area contributed by atoms with Gasteiger partial charge in [0, 0.05) is 6.04 Å². The number of nitriles is 1. The number of nitrogens with one attached hydrogen (secondary N) is 1. The molecule has 0 saturated carbocycles. The van der Waals surface area contributed by atoms with Gasteiger partial charge in [0.25, 0.3) is 0 Å². The lowest BCUT2D eigenvalue weighted by Gasteiger charge is -2.16. The SMILES string of the molecule is CN[C@H](CCCc1cccc(C#N)c1)c1ccccc1. The van der Waals surface area contributed by atoms with Gasteiger partial charge in [-0.2, -0.15) is 5.26 Å². The topological polar surface area (TPSA) is 35.8 Å². The van der Waals surface area contributed by atoms with Gasteiger partial charge in [-0.05, 0) is 49.6 Å². The molecular formula is C18H20N2. The number of rotatable bonds is 6. The van der Waals surface area contributed by atoms with Gasteiger partial charge in [-0.25, -0.2) is 0 Å². The Kier molecular flexibility index (Phi) is 5.34. The Hall–Kier alpha value is -2.11. The van der Waals surface area contributed by atoms with E-state index >= 15 is 0 Å². The van der Waals surface area contributed by atoms with E-state index in [4.69, 9.17) is 5.26 Å². The van der Waals surface area contributed by atoms with Crippen molar-refractivity contribution in [3.05, 3.63) is 71.3 Å². The molecule has 0 aliphatic carbocycles. The third kappa shape index (κ3) is 3.94. The summed E-state index contributed by atoms with van der Waals surface area (Å²) in [6, 6.07) is 21.0. The highest BCUT2D eigenvalue weighted by molar-refractivity contribution is 5.32. The maximum absolute atomic E-state index is 8.90. The first-order chi connectivity index (χ1) is 9.83. The average molecular weight is 264 g/mol. The number of hydrogen-bond acceptors (Lipinski definition) is 2. The zero-order valence-electron chi connectivity index (χ0n) is 11.8. The summed E-state index contributed by atoms with van der Waals surface area (Å²) in [7, 11) is 2.01. The van der Waals surface area contributed by atoms with E-state index < -0.39 is 0 Å². The van der Waals surface area contributed by atoms with Crippen LogP contribution in [0.1, 0.15) is 35.6 Å². The molecule has 2 aromatic rings. The zero-order chi connectivity index (χ0) is 14.2. The first kappa shape index (κ1) is 14.3. The third-order valence-electron chi connectivity index (χ3n) is 3.56. The quantitative estimate of drug-likeness (QED) is 0.860. The molecule has 0 fully saturated rings. The molecule has 1 atom stereocenters. The minimum atomic E-state index is 0.398. The van der Waals surface area contributed by atoms with Crippen LogP contribution in [-0.4, -0.2) is 7.05 Å². The normalized spacial score (nSPS) is 11.8. The molecule has 2 nitrogen and oxygen atoms in total. The van der Waals surface area contributed by atoms with Gasteiger partial charge in [0.05, 0.1) is 11.6 Å². The second-order valence-electron chi connectivity index (χ2n) is 4.96. The number of nitrogens with zero attached hydrogens (tertiary/aromatic N) is 1. The maximum Gasteiger partial charge on any atom is 0.0991 e. The summed E-state index contributed by atoms with van der Waals surface area (Å²) in [5.74, 6) is 0. The van der Waals surface area contributed by atoms with Crippen molar-refractivity contribution in [2.75, 3.05) is 7.05 Å². The fourth-order valence-corrected chi connectivity index (χ4v) is 2.47. The van der Waals surface area contributed by atoms with E-state index in [-0.39, 0.29) is 0 Å². The molecule has 0 aliphatic rings. The van der Waals surface area contributed by atoms with E-state index in [0.29, 0.717) is 6.04 Å². The van der Waals surface area contributed by atoms with Gasteiger partial charge < -0.3 is 5.32 Å². The van der Waals surface area contributed by atoms with Crippen LogP contribution < -0.4 is 5.32 Å². The van der Waals surface area contributed by atoms with Gasteiger partial charge in [0.15, 0.2) is 0 Å². The summed E-state index contributed by atoms with van der Waals surface area (Å²) in [6.45, 7) is 0. The molecule has 0 bridgehead atoms. The summed E-state index contributed by atoms with van der Waals surface area (Å²) in [5, 5.41) is 12.3. The lowest BCUT2D eigenvalue weighted by molar-refractivity contribution is 0.527. The van der Waals surface area contributed by atoms with Gasteiger partial charge in [-0.15, -0.1) is 0 Å². The van der Waals surface area contributed by atoms with Gasteiger partial charge in [0.1, 0.15) is 0 Å². The maximum atomic E-state index is 8.90. The van der Waals surface area contributed by atoms with Crippen LogP contribution in [0.3, 0.4) is 0 Å². The van der Waals surface area contributed by atoms with Crippen molar-refractivity contribution >= 4 is 0 Å². The van der Waals surface area contributed by atoms with Crippen molar-refractivity contribution in [3.63, 3.8) is 0 Å². The lowest BCUT2D eigenvalue weighted by atomic mass is 9.98. The number of aryl methyl sites for hydroxylation is 1. The molecule has 2 heteroatoms. The van der Waals surface area contributed by atoms with Crippen molar-refractivity contribution in [2.24, 2.45) is 0 Å². The Bertz CT molecular complexity index is 569. The van der Waals surface area contributed by atoms with Crippen LogP contribution >= 0.6 is 0 Å². The molecule has 0 aromatic heterocycles. The van der Waals surface area contributed by atoms with Crippen molar-refractivity contribution in [3.8, 4) is 6.07 Å². The van der Waals surface area contributed by atoms with Crippen LogP contribution in [0, 0.1) is 11.3 Å². The molecule has 2 rings (SSSR count). The fourth-order valence-electron chi connectivity index (χ4n) is 2.47. The van der Waals surface area contributed by atoms with E-state index in [1.807, 2.05) is 31.3 Å². The minimum Gasteiger partial charge on any atom is -0.313 e. The minimum absolute atomic E-state index is 0.398. The summed E-state index contributed by atoms with van der Waals surface area (Å²) in [4.78, 5) is 0. The van der Waals surface area contributed by atoms with Crippen LogP contribution in [0.2, 0.25) is 0 Å². The van der Waals surface area contributed by atoms with Crippen LogP contribution in [0.5, 0.6) is 0 Å². The van der Waals surface area contributed by atoms with Crippen LogP contribution in [0.25, 0.3) is 0 Å². The Morgan fingerprint density at radius 3 is 2.60 bits per heavy atom. The Balaban J connectivity index is 1.90. The second-order valence-corrected chi connectivity index (χ2v) is 4.96. The molecule has 102 valence electrons. The summed E-state index contributed by atoms with van der Waals surface area (Å²) in [5.41, 5.74) is 3.32. The average Bonchev–Trinajstić information content (AvgIpc) is 2.52. The molecule has 0 saturated heterocycles. The Morgan fingerprint density at radius 1 is 1.10 bits per heavy atom. The van der Waals surface area contributed by atoms with Crippen LogP contribution in [0.4, 0.5) is 0 Å². The lowest BCUT2D eigenvalue weighted by Crippen LogP contribution is -2.16. The molecule has 0 heterocycles. The smallest absolute Gasteiger partial charge is 0.0991 e. The molecule has 0 amide bonds. The first-order valence-electron chi connectivity index (χ1n) is 7.04. The van der Waals surface area contributed by atoms with E-state index in [1.54, 1.807) is 0 Å². The fraction of sp³-hybridized carbons (Fsp3) is 0.278. The van der Waals surface area contributed by atoms with Crippen molar-refractivity contribution in [1.82, 2.24) is 5.32 Å². The summed E-state index contributed by atoms with van der Waals surface area (Å²) in [6.07, 6.45) is 3.22. The first-order valence-corrected chi connectivity index (χ1v) is 7.04. The van der Waals surface area contributed by atoms with Gasteiger partial charge in [-0.3, -0.25) is 0 Å². The van der Waals surface area contributed by atoms with Gasteiger partial charge >= 0.3 is 0 Å². The Labute approximate surface area is 121 Å². The highest BCUT2D eigenvalue weighted by Crippen LogP contribution is 2.19. The molecule has 2 aromatic carbocycles. The summed E-state index contributed by atoms with van der Waals surface area (Å²) < 4.78 is 0. The molecule has 20 heavy (non-hydrogen) atoms. The largest absolute Gasteiger partial charge is 0.313 e. The van der Waals surface area contributed by atoms with E-state index in [2.05, 4.69) is 41.7 Å². The molecule has 0 unspecified atom stereocenters. The second kappa shape index (κ2) is 7.47. The van der Waals surface area contributed by atoms with E-state index in [1.165, 1.54) is 11.1 Å². The molecular weight excluding hydrogens is 244 g/mol. The highest BCUT2D eigenvalue weighted by Gasteiger charge is 2.08. The van der Waals surface area contributed by atoms with Crippen molar-refractivity contribution in [2.45, 2.75) is 25.3 Å². The van der Waals surface area contributed by atoms with E-state index in [0.717, 1.165) is 24.8 Å². The number of hydrogen-bond donors (Lipinski definition) is 1. The Morgan fingerprint density at radius 2 is 1.90 bits per heavy atom. The standard InChI is InChI=1S/C18H20N2/c1-20-18(17-10-3-2-4-11-17)12-6-8-15-7-5-9-16(13-15)14-19/h2-5,7,9-11,13,18,20H,6,8,12H2,1H3/t18-/m1/s1. The van der Waals surface area contributed by atoms with Crippen LogP contribution in [0.15, 0.2) is 54.6 Å². The predicted molar refractivity (Wildman–Crippen MR) is 82.3 cm³/mol. The molecule has 1 N–H and O–H groups in total. The molecule has 0 spiro atoms.